The van der Waals surface area contributed by atoms with Crippen molar-refractivity contribution in [3.05, 3.63) is 36.2 Å². The number of hydrogen-bond acceptors (Lipinski definition) is 5. The Kier molecular flexibility index (Phi) is 5.03. The first kappa shape index (κ1) is 16.4. The van der Waals surface area contributed by atoms with Gasteiger partial charge in [-0.2, -0.15) is 0 Å². The molecule has 1 fully saturated rings. The molecule has 24 heavy (non-hydrogen) atoms. The summed E-state index contributed by atoms with van der Waals surface area (Å²) in [4.78, 5) is 27.2. The molecule has 1 saturated heterocycles. The molecule has 1 amide bonds. The Balaban J connectivity index is 1.76. The summed E-state index contributed by atoms with van der Waals surface area (Å²) in [6.07, 6.45) is 4.20. The first-order valence-corrected chi connectivity index (χ1v) is 8.49. The molecule has 6 heteroatoms. The molecule has 0 unspecified atom stereocenters. The number of carbonyl (C=O) groups is 1. The third kappa shape index (κ3) is 3.88. The standard InChI is InChI=1S/C18H23N5O/c1-3-14-11-16(20-13(2)12-23-10-6-8-17(23)24)22-18(21-14)15-7-4-5-9-19-15/h4-5,7,9,11,13H,3,6,8,10,12H2,1-2H3,(H,20,21,22)/t13-/m1/s1. The molecule has 0 bridgehead atoms. The van der Waals surface area contributed by atoms with Crippen LogP contribution in [-0.4, -0.2) is 44.9 Å². The van der Waals surface area contributed by atoms with Crippen LogP contribution in [0.4, 0.5) is 5.82 Å². The lowest BCUT2D eigenvalue weighted by molar-refractivity contribution is -0.127. The van der Waals surface area contributed by atoms with E-state index in [0.29, 0.717) is 18.8 Å². The van der Waals surface area contributed by atoms with Crippen LogP contribution in [0.1, 0.15) is 32.4 Å². The van der Waals surface area contributed by atoms with Crippen molar-refractivity contribution in [1.82, 2.24) is 19.9 Å². The third-order valence-electron chi connectivity index (χ3n) is 4.10. The zero-order chi connectivity index (χ0) is 16.9. The number of amides is 1. The molecule has 0 radical (unpaired) electrons. The van der Waals surface area contributed by atoms with Gasteiger partial charge in [-0.3, -0.25) is 9.78 Å². The van der Waals surface area contributed by atoms with E-state index in [0.717, 1.165) is 36.6 Å². The van der Waals surface area contributed by atoms with E-state index in [9.17, 15) is 4.79 Å². The van der Waals surface area contributed by atoms with Crippen molar-refractivity contribution in [2.45, 2.75) is 39.2 Å². The summed E-state index contributed by atoms with van der Waals surface area (Å²) in [6, 6.07) is 7.81. The van der Waals surface area contributed by atoms with Crippen molar-refractivity contribution >= 4 is 11.7 Å². The van der Waals surface area contributed by atoms with Crippen LogP contribution in [0.25, 0.3) is 11.5 Å². The highest BCUT2D eigenvalue weighted by Gasteiger charge is 2.22. The van der Waals surface area contributed by atoms with Gasteiger partial charge in [0.05, 0.1) is 0 Å². The molecule has 1 aliphatic heterocycles. The minimum Gasteiger partial charge on any atom is -0.366 e. The van der Waals surface area contributed by atoms with Gasteiger partial charge in [0.25, 0.3) is 0 Å². The van der Waals surface area contributed by atoms with Gasteiger partial charge in [-0.25, -0.2) is 9.97 Å². The van der Waals surface area contributed by atoms with Gasteiger partial charge < -0.3 is 10.2 Å². The number of likely N-dealkylation sites (tertiary alicyclic amines) is 1. The molecule has 1 aliphatic rings. The second kappa shape index (κ2) is 7.38. The molecule has 3 rings (SSSR count). The van der Waals surface area contributed by atoms with Crippen LogP contribution in [0.15, 0.2) is 30.5 Å². The number of aromatic nitrogens is 3. The molecule has 0 aliphatic carbocycles. The molecule has 126 valence electrons. The summed E-state index contributed by atoms with van der Waals surface area (Å²) in [5, 5.41) is 3.40. The second-order valence-corrected chi connectivity index (χ2v) is 6.13. The lowest BCUT2D eigenvalue weighted by Gasteiger charge is -2.22. The van der Waals surface area contributed by atoms with Crippen molar-refractivity contribution in [2.24, 2.45) is 0 Å². The van der Waals surface area contributed by atoms with Gasteiger partial charge in [-0.15, -0.1) is 0 Å². The maximum absolute atomic E-state index is 11.8. The van der Waals surface area contributed by atoms with Crippen LogP contribution in [0.5, 0.6) is 0 Å². The normalized spacial score (nSPS) is 15.6. The Morgan fingerprint density at radius 1 is 1.33 bits per heavy atom. The predicted molar refractivity (Wildman–Crippen MR) is 93.5 cm³/mol. The zero-order valence-electron chi connectivity index (χ0n) is 14.2. The number of anilines is 1. The molecule has 0 saturated carbocycles. The highest BCUT2D eigenvalue weighted by atomic mass is 16.2. The van der Waals surface area contributed by atoms with E-state index in [4.69, 9.17) is 0 Å². The zero-order valence-corrected chi connectivity index (χ0v) is 14.2. The molecular weight excluding hydrogens is 302 g/mol. The van der Waals surface area contributed by atoms with Gasteiger partial charge in [0.15, 0.2) is 5.82 Å². The molecule has 0 spiro atoms. The quantitative estimate of drug-likeness (QED) is 0.883. The molecule has 1 atom stereocenters. The molecule has 2 aromatic rings. The van der Waals surface area contributed by atoms with Gasteiger partial charge in [0.1, 0.15) is 11.5 Å². The van der Waals surface area contributed by atoms with Crippen LogP contribution in [0.3, 0.4) is 0 Å². The summed E-state index contributed by atoms with van der Waals surface area (Å²) in [5.74, 6) is 1.65. The molecule has 3 heterocycles. The van der Waals surface area contributed by atoms with Crippen LogP contribution < -0.4 is 5.32 Å². The Morgan fingerprint density at radius 3 is 2.88 bits per heavy atom. The van der Waals surface area contributed by atoms with Crippen molar-refractivity contribution in [3.63, 3.8) is 0 Å². The highest BCUT2D eigenvalue weighted by Crippen LogP contribution is 2.17. The van der Waals surface area contributed by atoms with Crippen LogP contribution in [0, 0.1) is 0 Å². The molecular formula is C18H23N5O. The minimum atomic E-state index is 0.128. The molecule has 1 N–H and O–H groups in total. The predicted octanol–water partition coefficient (Wildman–Crippen LogP) is 2.52. The van der Waals surface area contributed by atoms with E-state index in [-0.39, 0.29) is 11.9 Å². The van der Waals surface area contributed by atoms with E-state index in [1.807, 2.05) is 29.2 Å². The van der Waals surface area contributed by atoms with Gasteiger partial charge >= 0.3 is 0 Å². The first-order chi connectivity index (χ1) is 11.7. The maximum atomic E-state index is 11.8. The lowest BCUT2D eigenvalue weighted by Crippen LogP contribution is -2.35. The van der Waals surface area contributed by atoms with Crippen LogP contribution >= 0.6 is 0 Å². The minimum absolute atomic E-state index is 0.128. The number of rotatable bonds is 6. The summed E-state index contributed by atoms with van der Waals surface area (Å²) in [5.41, 5.74) is 1.73. The highest BCUT2D eigenvalue weighted by molar-refractivity contribution is 5.78. The number of nitrogens with one attached hydrogen (secondary N) is 1. The second-order valence-electron chi connectivity index (χ2n) is 6.13. The number of aryl methyl sites for hydroxylation is 1. The van der Waals surface area contributed by atoms with Gasteiger partial charge in [-0.1, -0.05) is 13.0 Å². The van der Waals surface area contributed by atoms with E-state index < -0.39 is 0 Å². The Labute approximate surface area is 142 Å². The maximum Gasteiger partial charge on any atom is 0.222 e. The summed E-state index contributed by atoms with van der Waals surface area (Å²) >= 11 is 0. The smallest absolute Gasteiger partial charge is 0.222 e. The van der Waals surface area contributed by atoms with Gasteiger partial charge in [-0.05, 0) is 31.9 Å². The Hall–Kier alpha value is -2.50. The lowest BCUT2D eigenvalue weighted by atomic mass is 10.2. The Morgan fingerprint density at radius 2 is 2.21 bits per heavy atom. The van der Waals surface area contributed by atoms with Crippen LogP contribution in [-0.2, 0) is 11.2 Å². The number of pyridine rings is 1. The average Bonchev–Trinajstić information content (AvgIpc) is 3.00. The average molecular weight is 325 g/mol. The molecule has 0 aromatic carbocycles. The fraction of sp³-hybridized carbons (Fsp3) is 0.444. The first-order valence-electron chi connectivity index (χ1n) is 8.49. The number of hydrogen-bond donors (Lipinski definition) is 1. The van der Waals surface area contributed by atoms with Crippen molar-refractivity contribution in [1.29, 1.82) is 0 Å². The summed E-state index contributed by atoms with van der Waals surface area (Å²) in [6.45, 7) is 5.69. The van der Waals surface area contributed by atoms with Crippen LogP contribution in [0.2, 0.25) is 0 Å². The molecule has 6 nitrogen and oxygen atoms in total. The fourth-order valence-electron chi connectivity index (χ4n) is 2.89. The van der Waals surface area contributed by atoms with E-state index in [2.05, 4.69) is 34.1 Å². The summed E-state index contributed by atoms with van der Waals surface area (Å²) < 4.78 is 0. The SMILES string of the molecule is CCc1cc(N[C@H](C)CN2CCCC2=O)nc(-c2ccccn2)n1. The van der Waals surface area contributed by atoms with E-state index in [1.54, 1.807) is 6.20 Å². The monoisotopic (exact) mass is 325 g/mol. The fourth-order valence-corrected chi connectivity index (χ4v) is 2.89. The van der Waals surface area contributed by atoms with Crippen molar-refractivity contribution in [3.8, 4) is 11.5 Å². The summed E-state index contributed by atoms with van der Waals surface area (Å²) in [7, 11) is 0. The van der Waals surface area contributed by atoms with Gasteiger partial charge in [0, 0.05) is 43.5 Å². The van der Waals surface area contributed by atoms with Crippen molar-refractivity contribution < 1.29 is 4.79 Å². The van der Waals surface area contributed by atoms with E-state index in [1.165, 1.54) is 0 Å². The van der Waals surface area contributed by atoms with Gasteiger partial charge in [0.2, 0.25) is 5.91 Å². The number of carbonyl (C=O) groups excluding carboxylic acids is 1. The Bertz CT molecular complexity index is 704. The topological polar surface area (TPSA) is 71.0 Å². The molecule has 2 aromatic heterocycles. The largest absolute Gasteiger partial charge is 0.366 e. The van der Waals surface area contributed by atoms with Crippen molar-refractivity contribution in [2.75, 3.05) is 18.4 Å². The van der Waals surface area contributed by atoms with E-state index >= 15 is 0 Å². The number of nitrogens with zero attached hydrogens (tertiary/aromatic N) is 4. The third-order valence-corrected chi connectivity index (χ3v) is 4.10.